The second kappa shape index (κ2) is 8.86. The van der Waals surface area contributed by atoms with E-state index in [2.05, 4.69) is 10.2 Å². The lowest BCUT2D eigenvalue weighted by molar-refractivity contribution is 0.0950. The highest BCUT2D eigenvalue weighted by molar-refractivity contribution is 7.88. The summed E-state index contributed by atoms with van der Waals surface area (Å²) in [5, 5.41) is 2.98. The van der Waals surface area contributed by atoms with Gasteiger partial charge in [-0.2, -0.15) is 4.31 Å². The third kappa shape index (κ3) is 5.41. The summed E-state index contributed by atoms with van der Waals surface area (Å²) in [4.78, 5) is 14.7. The molecule has 0 unspecified atom stereocenters. The highest BCUT2D eigenvalue weighted by Gasteiger charge is 2.23. The first-order valence-corrected chi connectivity index (χ1v) is 11.3. The van der Waals surface area contributed by atoms with Crippen LogP contribution in [0.5, 0.6) is 0 Å². The minimum Gasteiger partial charge on any atom is -0.348 e. The van der Waals surface area contributed by atoms with Crippen LogP contribution in [-0.4, -0.2) is 56.0 Å². The SMILES string of the molecule is Cc1ccccc1CNC(=O)c1cccc(CN2CCN(S(C)(=O)=O)CC2)c1. The molecular formula is C21H27N3O3S. The number of benzene rings is 2. The number of carbonyl (C=O) groups excluding carboxylic acids is 1. The van der Waals surface area contributed by atoms with Crippen LogP contribution in [0.15, 0.2) is 48.5 Å². The highest BCUT2D eigenvalue weighted by Crippen LogP contribution is 2.13. The average Bonchev–Trinajstić information content (AvgIpc) is 2.67. The van der Waals surface area contributed by atoms with Crippen LogP contribution in [0.4, 0.5) is 0 Å². The Morgan fingerprint density at radius 3 is 2.43 bits per heavy atom. The van der Waals surface area contributed by atoms with Crippen LogP contribution < -0.4 is 5.32 Å². The van der Waals surface area contributed by atoms with Crippen molar-refractivity contribution in [3.63, 3.8) is 0 Å². The van der Waals surface area contributed by atoms with Crippen LogP contribution in [0.2, 0.25) is 0 Å². The largest absolute Gasteiger partial charge is 0.348 e. The molecule has 2 aromatic rings. The number of amides is 1. The Hall–Kier alpha value is -2.22. The number of piperazine rings is 1. The zero-order chi connectivity index (χ0) is 20.1. The number of aryl methyl sites for hydroxylation is 1. The van der Waals surface area contributed by atoms with Crippen LogP contribution >= 0.6 is 0 Å². The predicted octanol–water partition coefficient (Wildman–Crippen LogP) is 2.00. The lowest BCUT2D eigenvalue weighted by Crippen LogP contribution is -2.47. The summed E-state index contributed by atoms with van der Waals surface area (Å²) in [6, 6.07) is 15.6. The smallest absolute Gasteiger partial charge is 0.251 e. The fourth-order valence-electron chi connectivity index (χ4n) is 3.37. The quantitative estimate of drug-likeness (QED) is 0.804. The van der Waals surface area contributed by atoms with Gasteiger partial charge in [-0.1, -0.05) is 36.4 Å². The maximum absolute atomic E-state index is 12.5. The third-order valence-corrected chi connectivity index (χ3v) is 6.40. The molecule has 0 spiro atoms. The summed E-state index contributed by atoms with van der Waals surface area (Å²) in [7, 11) is -3.12. The number of nitrogens with zero attached hydrogens (tertiary/aromatic N) is 2. The van der Waals surface area contributed by atoms with Gasteiger partial charge in [-0.05, 0) is 35.7 Å². The Labute approximate surface area is 167 Å². The summed E-state index contributed by atoms with van der Waals surface area (Å²) in [5.74, 6) is -0.0907. The number of nitrogens with one attached hydrogen (secondary N) is 1. The molecule has 2 aromatic carbocycles. The first-order chi connectivity index (χ1) is 13.3. The topological polar surface area (TPSA) is 69.7 Å². The van der Waals surface area contributed by atoms with Crippen molar-refractivity contribution >= 4 is 15.9 Å². The van der Waals surface area contributed by atoms with Crippen molar-refractivity contribution in [3.8, 4) is 0 Å². The Balaban J connectivity index is 1.57. The molecule has 0 aliphatic carbocycles. The molecule has 150 valence electrons. The molecule has 1 fully saturated rings. The summed E-state index contributed by atoms with van der Waals surface area (Å²) in [6.07, 6.45) is 1.25. The second-order valence-electron chi connectivity index (χ2n) is 7.25. The van der Waals surface area contributed by atoms with Crippen LogP contribution in [0.1, 0.15) is 27.0 Å². The molecule has 1 amide bonds. The minimum absolute atomic E-state index is 0.0907. The van der Waals surface area contributed by atoms with E-state index in [1.54, 1.807) is 0 Å². The molecule has 1 aliphatic heterocycles. The number of rotatable bonds is 6. The van der Waals surface area contributed by atoms with Crippen molar-refractivity contribution in [2.75, 3.05) is 32.4 Å². The normalized spacial score (nSPS) is 16.1. The van der Waals surface area contributed by atoms with Gasteiger partial charge in [-0.3, -0.25) is 9.69 Å². The fourth-order valence-corrected chi connectivity index (χ4v) is 4.20. The van der Waals surface area contributed by atoms with Gasteiger partial charge in [0.15, 0.2) is 0 Å². The molecule has 1 N–H and O–H groups in total. The Morgan fingerprint density at radius 2 is 1.75 bits per heavy atom. The average molecular weight is 402 g/mol. The summed E-state index contributed by atoms with van der Waals surface area (Å²) < 4.78 is 24.8. The van der Waals surface area contributed by atoms with Crippen molar-refractivity contribution in [1.82, 2.24) is 14.5 Å². The van der Waals surface area contributed by atoms with Crippen molar-refractivity contribution in [1.29, 1.82) is 0 Å². The highest BCUT2D eigenvalue weighted by atomic mass is 32.2. The molecule has 0 atom stereocenters. The molecule has 6 nitrogen and oxygen atoms in total. The lowest BCUT2D eigenvalue weighted by Gasteiger charge is -2.33. The molecule has 7 heteroatoms. The van der Waals surface area contributed by atoms with Gasteiger partial charge in [0.1, 0.15) is 0 Å². The van der Waals surface area contributed by atoms with E-state index in [0.717, 1.165) is 16.7 Å². The molecule has 0 radical (unpaired) electrons. The molecule has 1 aliphatic rings. The Bertz CT molecular complexity index is 935. The molecule has 0 aromatic heterocycles. The number of hydrogen-bond donors (Lipinski definition) is 1. The van der Waals surface area contributed by atoms with Crippen LogP contribution in [0.3, 0.4) is 0 Å². The van der Waals surface area contributed by atoms with Crippen molar-refractivity contribution in [3.05, 3.63) is 70.8 Å². The molecular weight excluding hydrogens is 374 g/mol. The van der Waals surface area contributed by atoms with Crippen LogP contribution in [0, 0.1) is 6.92 Å². The van der Waals surface area contributed by atoms with Gasteiger partial charge in [0.2, 0.25) is 10.0 Å². The van der Waals surface area contributed by atoms with Crippen molar-refractivity contribution in [2.24, 2.45) is 0 Å². The standard InChI is InChI=1S/C21H27N3O3S/c1-17-6-3-4-8-20(17)15-22-21(25)19-9-5-7-18(14-19)16-23-10-12-24(13-11-23)28(2,26)27/h3-9,14H,10-13,15-16H2,1-2H3,(H,22,25). The number of carbonyl (C=O) groups is 1. The fraction of sp³-hybridized carbons (Fsp3) is 0.381. The molecule has 0 bridgehead atoms. The van der Waals surface area contributed by atoms with Gasteiger partial charge in [-0.15, -0.1) is 0 Å². The van der Waals surface area contributed by atoms with Gasteiger partial charge in [0, 0.05) is 44.8 Å². The Kier molecular flexibility index (Phi) is 6.49. The van der Waals surface area contributed by atoms with E-state index in [0.29, 0.717) is 44.8 Å². The lowest BCUT2D eigenvalue weighted by atomic mass is 10.1. The van der Waals surface area contributed by atoms with Crippen LogP contribution in [-0.2, 0) is 23.1 Å². The van der Waals surface area contributed by atoms with Gasteiger partial charge in [-0.25, -0.2) is 8.42 Å². The molecule has 1 saturated heterocycles. The van der Waals surface area contributed by atoms with E-state index in [4.69, 9.17) is 0 Å². The first-order valence-electron chi connectivity index (χ1n) is 9.42. The summed E-state index contributed by atoms with van der Waals surface area (Å²) in [5.41, 5.74) is 3.96. The second-order valence-corrected chi connectivity index (χ2v) is 9.23. The predicted molar refractivity (Wildman–Crippen MR) is 110 cm³/mol. The molecule has 3 rings (SSSR count). The van der Waals surface area contributed by atoms with E-state index in [1.807, 2.05) is 55.5 Å². The minimum atomic E-state index is -3.12. The number of sulfonamides is 1. The van der Waals surface area contributed by atoms with E-state index in [9.17, 15) is 13.2 Å². The van der Waals surface area contributed by atoms with E-state index < -0.39 is 10.0 Å². The van der Waals surface area contributed by atoms with Gasteiger partial charge >= 0.3 is 0 Å². The molecule has 0 saturated carbocycles. The van der Waals surface area contributed by atoms with Crippen LogP contribution in [0.25, 0.3) is 0 Å². The molecule has 28 heavy (non-hydrogen) atoms. The number of hydrogen-bond acceptors (Lipinski definition) is 4. The van der Waals surface area contributed by atoms with E-state index >= 15 is 0 Å². The van der Waals surface area contributed by atoms with E-state index in [1.165, 1.54) is 10.6 Å². The molecule has 1 heterocycles. The van der Waals surface area contributed by atoms with Gasteiger partial charge in [0.25, 0.3) is 5.91 Å². The summed E-state index contributed by atoms with van der Waals surface area (Å²) in [6.45, 7) is 5.64. The zero-order valence-electron chi connectivity index (χ0n) is 16.4. The summed E-state index contributed by atoms with van der Waals surface area (Å²) >= 11 is 0. The Morgan fingerprint density at radius 1 is 1.04 bits per heavy atom. The van der Waals surface area contributed by atoms with Gasteiger partial charge < -0.3 is 5.32 Å². The third-order valence-electron chi connectivity index (χ3n) is 5.10. The van der Waals surface area contributed by atoms with Crippen molar-refractivity contribution in [2.45, 2.75) is 20.0 Å². The van der Waals surface area contributed by atoms with E-state index in [-0.39, 0.29) is 5.91 Å². The van der Waals surface area contributed by atoms with Gasteiger partial charge in [0.05, 0.1) is 6.26 Å². The first kappa shape index (κ1) is 20.5. The monoisotopic (exact) mass is 401 g/mol. The zero-order valence-corrected chi connectivity index (χ0v) is 17.2. The van der Waals surface area contributed by atoms with Crippen molar-refractivity contribution < 1.29 is 13.2 Å². The maximum atomic E-state index is 12.5. The maximum Gasteiger partial charge on any atom is 0.251 e.